The standard InChI is InChI=1S/C15H14N4O6/c1-25-14-5-3-2-4-10(14)8-15(20)17-16-12-7-6-11(18(21)22)9-13(12)19(23)24/h2-7,9,16H,8H2,1H3,(H,17,20). The molecule has 0 radical (unpaired) electrons. The van der Waals surface area contributed by atoms with E-state index in [0.717, 1.165) is 18.2 Å². The fraction of sp³-hybridized carbons (Fsp3) is 0.133. The summed E-state index contributed by atoms with van der Waals surface area (Å²) in [6, 6.07) is 10.00. The molecule has 0 heterocycles. The highest BCUT2D eigenvalue weighted by Gasteiger charge is 2.20. The van der Waals surface area contributed by atoms with Gasteiger partial charge in [-0.2, -0.15) is 0 Å². The van der Waals surface area contributed by atoms with E-state index in [9.17, 15) is 25.0 Å². The van der Waals surface area contributed by atoms with E-state index in [0.29, 0.717) is 11.3 Å². The summed E-state index contributed by atoms with van der Waals surface area (Å²) in [5, 5.41) is 21.7. The van der Waals surface area contributed by atoms with Gasteiger partial charge in [0, 0.05) is 11.6 Å². The van der Waals surface area contributed by atoms with Crippen LogP contribution in [0.25, 0.3) is 0 Å². The van der Waals surface area contributed by atoms with Crippen LogP contribution in [0, 0.1) is 20.2 Å². The number of para-hydroxylation sites is 1. The smallest absolute Gasteiger partial charge is 0.300 e. The summed E-state index contributed by atoms with van der Waals surface area (Å²) in [4.78, 5) is 32.2. The Kier molecular flexibility index (Phi) is 5.46. The van der Waals surface area contributed by atoms with Crippen LogP contribution in [0.4, 0.5) is 17.1 Å². The van der Waals surface area contributed by atoms with Crippen LogP contribution in [0.1, 0.15) is 5.56 Å². The molecule has 0 aliphatic rings. The number of nitro benzene ring substituents is 2. The van der Waals surface area contributed by atoms with Crippen molar-refractivity contribution >= 4 is 23.0 Å². The highest BCUT2D eigenvalue weighted by Crippen LogP contribution is 2.28. The zero-order valence-corrected chi connectivity index (χ0v) is 13.1. The number of anilines is 1. The number of hydrogen-bond acceptors (Lipinski definition) is 7. The number of hydrazine groups is 1. The maximum Gasteiger partial charge on any atom is 0.300 e. The molecular formula is C15H14N4O6. The molecule has 0 atom stereocenters. The van der Waals surface area contributed by atoms with Gasteiger partial charge in [0.05, 0.1) is 29.4 Å². The van der Waals surface area contributed by atoms with E-state index in [1.807, 2.05) is 0 Å². The van der Waals surface area contributed by atoms with Crippen LogP contribution < -0.4 is 15.6 Å². The molecular weight excluding hydrogens is 332 g/mol. The maximum absolute atomic E-state index is 12.0. The quantitative estimate of drug-likeness (QED) is 0.579. The number of ether oxygens (including phenoxy) is 1. The van der Waals surface area contributed by atoms with Crippen LogP contribution in [0.5, 0.6) is 5.75 Å². The van der Waals surface area contributed by atoms with Gasteiger partial charge in [0.25, 0.3) is 5.69 Å². The topological polar surface area (TPSA) is 137 Å². The van der Waals surface area contributed by atoms with Gasteiger partial charge in [-0.25, -0.2) is 0 Å². The molecule has 10 heteroatoms. The second kappa shape index (κ2) is 7.73. The first-order chi connectivity index (χ1) is 11.9. The van der Waals surface area contributed by atoms with Crippen LogP contribution in [-0.4, -0.2) is 22.9 Å². The highest BCUT2D eigenvalue weighted by molar-refractivity contribution is 5.81. The number of rotatable bonds is 7. The molecule has 2 aromatic carbocycles. The molecule has 0 aromatic heterocycles. The number of amides is 1. The molecule has 10 nitrogen and oxygen atoms in total. The summed E-state index contributed by atoms with van der Waals surface area (Å²) in [5.74, 6) is 0.0797. The zero-order valence-electron chi connectivity index (χ0n) is 13.1. The molecule has 25 heavy (non-hydrogen) atoms. The molecule has 0 unspecified atom stereocenters. The fourth-order valence-corrected chi connectivity index (χ4v) is 2.09. The molecule has 130 valence electrons. The van der Waals surface area contributed by atoms with E-state index in [1.54, 1.807) is 24.3 Å². The largest absolute Gasteiger partial charge is 0.496 e. The van der Waals surface area contributed by atoms with E-state index in [-0.39, 0.29) is 12.1 Å². The van der Waals surface area contributed by atoms with Gasteiger partial charge in [-0.1, -0.05) is 18.2 Å². The lowest BCUT2D eigenvalue weighted by molar-refractivity contribution is -0.393. The third-order valence-electron chi connectivity index (χ3n) is 3.27. The molecule has 2 rings (SSSR count). The molecule has 0 aliphatic heterocycles. The van der Waals surface area contributed by atoms with Crippen molar-refractivity contribution in [2.45, 2.75) is 6.42 Å². The number of nitrogens with one attached hydrogen (secondary N) is 2. The average molecular weight is 346 g/mol. The van der Waals surface area contributed by atoms with E-state index < -0.39 is 27.1 Å². The molecule has 0 saturated heterocycles. The van der Waals surface area contributed by atoms with Gasteiger partial charge in [0.15, 0.2) is 0 Å². The summed E-state index contributed by atoms with van der Waals surface area (Å²) in [6.07, 6.45) is -0.0161. The highest BCUT2D eigenvalue weighted by atomic mass is 16.6. The number of nitrogens with zero attached hydrogens (tertiary/aromatic N) is 2. The van der Waals surface area contributed by atoms with Crippen molar-refractivity contribution in [1.82, 2.24) is 5.43 Å². The Morgan fingerprint density at radius 2 is 1.84 bits per heavy atom. The van der Waals surface area contributed by atoms with Crippen molar-refractivity contribution in [1.29, 1.82) is 0 Å². The van der Waals surface area contributed by atoms with Crippen molar-refractivity contribution in [2.75, 3.05) is 12.5 Å². The van der Waals surface area contributed by atoms with Gasteiger partial charge < -0.3 is 4.74 Å². The van der Waals surface area contributed by atoms with Gasteiger partial charge in [0.1, 0.15) is 11.4 Å². The van der Waals surface area contributed by atoms with Gasteiger partial charge in [-0.15, -0.1) is 0 Å². The summed E-state index contributed by atoms with van der Waals surface area (Å²) < 4.78 is 5.14. The lowest BCUT2D eigenvalue weighted by atomic mass is 10.1. The minimum Gasteiger partial charge on any atom is -0.496 e. The Labute approximate surface area is 141 Å². The number of non-ortho nitro benzene ring substituents is 1. The summed E-state index contributed by atoms with van der Waals surface area (Å²) in [5.41, 5.74) is 4.37. The SMILES string of the molecule is COc1ccccc1CC(=O)NNc1ccc([N+](=O)[O-])cc1[N+](=O)[O-]. The predicted molar refractivity (Wildman–Crippen MR) is 88.2 cm³/mol. The summed E-state index contributed by atoms with van der Waals surface area (Å²) >= 11 is 0. The van der Waals surface area contributed by atoms with E-state index in [4.69, 9.17) is 4.74 Å². The third-order valence-corrected chi connectivity index (χ3v) is 3.27. The molecule has 0 aliphatic carbocycles. The first-order valence-corrected chi connectivity index (χ1v) is 7.02. The van der Waals surface area contributed by atoms with Crippen molar-refractivity contribution in [3.8, 4) is 5.75 Å². The van der Waals surface area contributed by atoms with Gasteiger partial charge >= 0.3 is 5.69 Å². The van der Waals surface area contributed by atoms with E-state index in [1.165, 1.54) is 7.11 Å². The van der Waals surface area contributed by atoms with Crippen molar-refractivity contribution in [3.05, 3.63) is 68.3 Å². The first kappa shape index (κ1) is 17.7. The second-order valence-corrected chi connectivity index (χ2v) is 4.88. The predicted octanol–water partition coefficient (Wildman–Crippen LogP) is 2.20. The van der Waals surface area contributed by atoms with Crippen LogP contribution in [0.2, 0.25) is 0 Å². The van der Waals surface area contributed by atoms with Crippen LogP contribution in [-0.2, 0) is 11.2 Å². The van der Waals surface area contributed by atoms with Crippen LogP contribution in [0.15, 0.2) is 42.5 Å². The van der Waals surface area contributed by atoms with E-state index >= 15 is 0 Å². The lowest BCUT2D eigenvalue weighted by Gasteiger charge is -2.10. The van der Waals surface area contributed by atoms with Gasteiger partial charge in [-0.3, -0.25) is 35.9 Å². The summed E-state index contributed by atoms with van der Waals surface area (Å²) in [7, 11) is 1.48. The molecule has 0 bridgehead atoms. The Bertz CT molecular complexity index is 823. The number of methoxy groups -OCH3 is 1. The fourth-order valence-electron chi connectivity index (χ4n) is 2.09. The molecule has 0 saturated carbocycles. The monoisotopic (exact) mass is 346 g/mol. The Balaban J connectivity index is 2.09. The number of nitro groups is 2. The van der Waals surface area contributed by atoms with Crippen molar-refractivity contribution in [2.24, 2.45) is 0 Å². The number of carbonyl (C=O) groups excluding carboxylic acids is 1. The number of hydrogen-bond donors (Lipinski definition) is 2. The Morgan fingerprint density at radius 3 is 2.48 bits per heavy atom. The Morgan fingerprint density at radius 1 is 1.12 bits per heavy atom. The lowest BCUT2D eigenvalue weighted by Crippen LogP contribution is -2.31. The van der Waals surface area contributed by atoms with E-state index in [2.05, 4.69) is 10.9 Å². The minimum absolute atomic E-state index is 0.0161. The summed E-state index contributed by atoms with van der Waals surface area (Å²) in [6.45, 7) is 0. The minimum atomic E-state index is -0.776. The maximum atomic E-state index is 12.0. The molecule has 0 fully saturated rings. The third kappa shape index (κ3) is 4.41. The van der Waals surface area contributed by atoms with Crippen LogP contribution >= 0.6 is 0 Å². The normalized spacial score (nSPS) is 9.96. The van der Waals surface area contributed by atoms with Crippen LogP contribution in [0.3, 0.4) is 0 Å². The van der Waals surface area contributed by atoms with Gasteiger partial charge in [0.2, 0.25) is 5.91 Å². The molecule has 2 N–H and O–H groups in total. The number of benzene rings is 2. The first-order valence-electron chi connectivity index (χ1n) is 7.02. The Hall–Kier alpha value is -3.69. The van der Waals surface area contributed by atoms with Crippen molar-refractivity contribution in [3.63, 3.8) is 0 Å². The zero-order chi connectivity index (χ0) is 18.4. The van der Waals surface area contributed by atoms with Crippen molar-refractivity contribution < 1.29 is 19.4 Å². The van der Waals surface area contributed by atoms with Gasteiger partial charge in [-0.05, 0) is 12.1 Å². The second-order valence-electron chi connectivity index (χ2n) is 4.88. The molecule has 1 amide bonds. The molecule has 2 aromatic rings. The average Bonchev–Trinajstić information content (AvgIpc) is 2.60. The number of carbonyl (C=O) groups is 1. The molecule has 0 spiro atoms.